The normalized spacial score (nSPS) is 10.4. The zero-order valence-electron chi connectivity index (χ0n) is 14.5. The van der Waals surface area contributed by atoms with Crippen LogP contribution in [0.15, 0.2) is 24.3 Å². The average Bonchev–Trinajstić information content (AvgIpc) is 2.54. The first-order valence-electron chi connectivity index (χ1n) is 7.55. The lowest BCUT2D eigenvalue weighted by atomic mass is 10.0. The molecule has 1 amide bonds. The van der Waals surface area contributed by atoms with E-state index >= 15 is 0 Å². The van der Waals surface area contributed by atoms with Crippen LogP contribution in [-0.4, -0.2) is 24.1 Å². The van der Waals surface area contributed by atoms with E-state index in [-0.39, 0.29) is 11.5 Å². The van der Waals surface area contributed by atoms with E-state index in [2.05, 4.69) is 5.32 Å². The van der Waals surface area contributed by atoms with Crippen molar-refractivity contribution in [3.8, 4) is 5.75 Å². The number of ether oxygens (including phenoxy) is 1. The van der Waals surface area contributed by atoms with Crippen LogP contribution < -0.4 is 10.1 Å². The van der Waals surface area contributed by atoms with E-state index in [9.17, 15) is 9.59 Å². The van der Waals surface area contributed by atoms with Crippen LogP contribution in [0.1, 0.15) is 43.0 Å². The Morgan fingerprint density at radius 3 is 2.17 bits per heavy atom. The van der Waals surface area contributed by atoms with E-state index < -0.39 is 5.97 Å². The van der Waals surface area contributed by atoms with E-state index in [4.69, 9.17) is 9.84 Å². The maximum atomic E-state index is 12.6. The fraction of sp³-hybridized carbons (Fsp3) is 0.263. The van der Waals surface area contributed by atoms with Crippen molar-refractivity contribution in [2.45, 2.75) is 27.7 Å². The number of carbonyl (C=O) groups is 2. The molecule has 5 nitrogen and oxygen atoms in total. The molecule has 0 fully saturated rings. The second kappa shape index (κ2) is 6.74. The van der Waals surface area contributed by atoms with Gasteiger partial charge in [-0.05, 0) is 74.2 Å². The van der Waals surface area contributed by atoms with E-state index in [1.165, 1.54) is 12.1 Å². The zero-order valence-corrected chi connectivity index (χ0v) is 14.5. The summed E-state index contributed by atoms with van der Waals surface area (Å²) in [5.41, 5.74) is 4.62. The van der Waals surface area contributed by atoms with Gasteiger partial charge in [0.25, 0.3) is 5.91 Å². The van der Waals surface area contributed by atoms with Crippen LogP contribution in [0.2, 0.25) is 0 Å². The average molecular weight is 327 g/mol. The summed E-state index contributed by atoms with van der Waals surface area (Å²) in [5.74, 6) is -0.621. The molecule has 0 heterocycles. The number of rotatable bonds is 4. The Morgan fingerprint density at radius 2 is 1.58 bits per heavy atom. The summed E-state index contributed by atoms with van der Waals surface area (Å²) < 4.78 is 5.33. The third kappa shape index (κ3) is 3.40. The highest BCUT2D eigenvalue weighted by Crippen LogP contribution is 2.31. The fourth-order valence-corrected chi connectivity index (χ4v) is 2.67. The smallest absolute Gasteiger partial charge is 0.335 e. The van der Waals surface area contributed by atoms with Crippen molar-refractivity contribution < 1.29 is 19.4 Å². The molecule has 126 valence electrons. The summed E-state index contributed by atoms with van der Waals surface area (Å²) in [6.45, 7) is 7.50. The minimum atomic E-state index is -1.06. The number of carboxylic acid groups (broad SMARTS) is 1. The third-order valence-corrected chi connectivity index (χ3v) is 4.09. The van der Waals surface area contributed by atoms with Crippen molar-refractivity contribution >= 4 is 17.6 Å². The van der Waals surface area contributed by atoms with Crippen LogP contribution in [0.25, 0.3) is 0 Å². The van der Waals surface area contributed by atoms with Crippen LogP contribution in [0.3, 0.4) is 0 Å². The van der Waals surface area contributed by atoms with Gasteiger partial charge in [-0.25, -0.2) is 4.79 Å². The molecule has 5 heteroatoms. The maximum absolute atomic E-state index is 12.6. The van der Waals surface area contributed by atoms with Gasteiger partial charge in [-0.3, -0.25) is 4.79 Å². The Kier molecular flexibility index (Phi) is 4.93. The Labute approximate surface area is 141 Å². The first-order valence-corrected chi connectivity index (χ1v) is 7.55. The van der Waals surface area contributed by atoms with Gasteiger partial charge in [0.05, 0.1) is 12.7 Å². The van der Waals surface area contributed by atoms with Crippen molar-refractivity contribution in [2.75, 3.05) is 12.4 Å². The van der Waals surface area contributed by atoms with Crippen molar-refractivity contribution in [3.63, 3.8) is 0 Å². The predicted molar refractivity (Wildman–Crippen MR) is 93.3 cm³/mol. The van der Waals surface area contributed by atoms with E-state index in [1.807, 2.05) is 26.8 Å². The van der Waals surface area contributed by atoms with Gasteiger partial charge in [0.1, 0.15) is 5.75 Å². The van der Waals surface area contributed by atoms with E-state index in [0.29, 0.717) is 5.56 Å². The largest absolute Gasteiger partial charge is 0.496 e. The molecule has 2 aromatic rings. The van der Waals surface area contributed by atoms with Gasteiger partial charge in [0.2, 0.25) is 0 Å². The standard InChI is InChI=1S/C19H21NO4/c1-10-6-14(9-15(7-10)19(22)23)18(21)20-17-11(2)8-16(24-5)12(3)13(17)4/h6-9H,1-5H3,(H,20,21)(H,22,23). The number of methoxy groups -OCH3 is 1. The van der Waals surface area contributed by atoms with Gasteiger partial charge in [-0.1, -0.05) is 0 Å². The van der Waals surface area contributed by atoms with Crippen molar-refractivity contribution in [3.05, 3.63) is 57.6 Å². The minimum Gasteiger partial charge on any atom is -0.496 e. The minimum absolute atomic E-state index is 0.0968. The topological polar surface area (TPSA) is 75.6 Å². The molecule has 0 radical (unpaired) electrons. The second-order valence-corrected chi connectivity index (χ2v) is 5.87. The molecular weight excluding hydrogens is 306 g/mol. The summed E-state index contributed by atoms with van der Waals surface area (Å²) in [7, 11) is 1.61. The van der Waals surface area contributed by atoms with Crippen LogP contribution in [0.5, 0.6) is 5.75 Å². The van der Waals surface area contributed by atoms with Crippen LogP contribution in [0, 0.1) is 27.7 Å². The van der Waals surface area contributed by atoms with Gasteiger partial charge in [-0.15, -0.1) is 0 Å². The second-order valence-electron chi connectivity index (χ2n) is 5.87. The number of hydrogen-bond donors (Lipinski definition) is 2. The van der Waals surface area contributed by atoms with Gasteiger partial charge in [-0.2, -0.15) is 0 Å². The van der Waals surface area contributed by atoms with E-state index in [1.54, 1.807) is 20.1 Å². The lowest BCUT2D eigenvalue weighted by molar-refractivity contribution is 0.0696. The molecule has 0 aromatic heterocycles. The SMILES string of the molecule is COc1cc(C)c(NC(=O)c2cc(C)cc(C(=O)O)c2)c(C)c1C. The molecule has 0 saturated heterocycles. The monoisotopic (exact) mass is 327 g/mol. The quantitative estimate of drug-likeness (QED) is 0.893. The Morgan fingerprint density at radius 1 is 0.958 bits per heavy atom. The molecular formula is C19H21NO4. The summed E-state index contributed by atoms with van der Waals surface area (Å²) in [6, 6.07) is 6.46. The van der Waals surface area contributed by atoms with Crippen LogP contribution in [-0.2, 0) is 0 Å². The number of amides is 1. The molecule has 2 N–H and O–H groups in total. The zero-order chi connectivity index (χ0) is 18.0. The fourth-order valence-electron chi connectivity index (χ4n) is 2.67. The molecule has 2 rings (SSSR count). The number of carboxylic acids is 1. The van der Waals surface area contributed by atoms with Crippen molar-refractivity contribution in [1.82, 2.24) is 0 Å². The van der Waals surface area contributed by atoms with Crippen molar-refractivity contribution in [1.29, 1.82) is 0 Å². The number of aromatic carboxylic acids is 1. The first kappa shape index (κ1) is 17.5. The van der Waals surface area contributed by atoms with Gasteiger partial charge in [0, 0.05) is 11.3 Å². The highest BCUT2D eigenvalue weighted by molar-refractivity contribution is 6.06. The Hall–Kier alpha value is -2.82. The highest BCUT2D eigenvalue weighted by atomic mass is 16.5. The number of anilines is 1. The molecule has 0 spiro atoms. The molecule has 0 saturated carbocycles. The maximum Gasteiger partial charge on any atom is 0.335 e. The number of benzene rings is 2. The molecule has 0 unspecified atom stereocenters. The van der Waals surface area contributed by atoms with Crippen molar-refractivity contribution in [2.24, 2.45) is 0 Å². The molecule has 0 bridgehead atoms. The molecule has 0 aliphatic heterocycles. The van der Waals surface area contributed by atoms with Gasteiger partial charge >= 0.3 is 5.97 Å². The lowest BCUT2D eigenvalue weighted by Crippen LogP contribution is -2.15. The van der Waals surface area contributed by atoms with Gasteiger partial charge < -0.3 is 15.2 Å². The van der Waals surface area contributed by atoms with Crippen LogP contribution >= 0.6 is 0 Å². The summed E-state index contributed by atoms with van der Waals surface area (Å²) in [4.78, 5) is 23.7. The molecule has 0 atom stereocenters. The summed E-state index contributed by atoms with van der Waals surface area (Å²) in [6.07, 6.45) is 0. The summed E-state index contributed by atoms with van der Waals surface area (Å²) in [5, 5.41) is 12.0. The number of aryl methyl sites for hydroxylation is 2. The highest BCUT2D eigenvalue weighted by Gasteiger charge is 2.16. The van der Waals surface area contributed by atoms with Crippen LogP contribution in [0.4, 0.5) is 5.69 Å². The number of hydrogen-bond acceptors (Lipinski definition) is 3. The predicted octanol–water partition coefficient (Wildman–Crippen LogP) is 3.88. The third-order valence-electron chi connectivity index (χ3n) is 4.09. The first-order chi connectivity index (χ1) is 11.2. The molecule has 0 aliphatic carbocycles. The van der Waals surface area contributed by atoms with Gasteiger partial charge in [0.15, 0.2) is 0 Å². The number of carbonyl (C=O) groups excluding carboxylic acids is 1. The number of nitrogens with one attached hydrogen (secondary N) is 1. The Bertz CT molecular complexity index is 825. The summed E-state index contributed by atoms with van der Waals surface area (Å²) >= 11 is 0. The molecule has 0 aliphatic rings. The van der Waals surface area contributed by atoms with E-state index in [0.717, 1.165) is 33.7 Å². The Balaban J connectivity index is 2.41. The lowest BCUT2D eigenvalue weighted by Gasteiger charge is -2.17. The molecule has 2 aromatic carbocycles. The molecule has 24 heavy (non-hydrogen) atoms.